The second kappa shape index (κ2) is 6.03. The zero-order valence-electron chi connectivity index (χ0n) is 6.91. The molecule has 1 unspecified atom stereocenters. The lowest BCUT2D eigenvalue weighted by molar-refractivity contribution is -0.144. The molecule has 1 rings (SSSR count). The standard InChI is InChI=1S/C8H13NO2.ClH/c1-2-6-11-8(10)7-4-3-5-9-7;/h2,7,9H,1,3-6H2;1H. The largest absolute Gasteiger partial charge is 0.460 e. The van der Waals surface area contributed by atoms with E-state index in [4.69, 9.17) is 4.74 Å². The monoisotopic (exact) mass is 191 g/mol. The normalized spacial score (nSPS) is 21.2. The Kier molecular flexibility index (Phi) is 5.76. The molecule has 1 heterocycles. The highest BCUT2D eigenvalue weighted by Crippen LogP contribution is 2.05. The van der Waals surface area contributed by atoms with Gasteiger partial charge >= 0.3 is 5.97 Å². The molecule has 0 amide bonds. The Bertz CT molecular complexity index is 155. The fraction of sp³-hybridized carbons (Fsp3) is 0.625. The first kappa shape index (κ1) is 11.5. The maximum Gasteiger partial charge on any atom is 0.323 e. The number of hydrogen-bond donors (Lipinski definition) is 1. The molecule has 4 heteroatoms. The van der Waals surface area contributed by atoms with Crippen molar-refractivity contribution >= 4 is 18.4 Å². The second-order valence-corrected chi connectivity index (χ2v) is 2.57. The SMILES string of the molecule is C=CCOC(=O)C1CCCN1.Cl. The summed E-state index contributed by atoms with van der Waals surface area (Å²) in [5.74, 6) is -0.151. The minimum absolute atomic E-state index is 0. The molecule has 0 radical (unpaired) electrons. The summed E-state index contributed by atoms with van der Waals surface area (Å²) in [6.07, 6.45) is 3.54. The van der Waals surface area contributed by atoms with Gasteiger partial charge in [-0.2, -0.15) is 0 Å². The van der Waals surface area contributed by atoms with Gasteiger partial charge in [0.15, 0.2) is 0 Å². The average Bonchev–Trinajstić information content (AvgIpc) is 2.52. The lowest BCUT2D eigenvalue weighted by Crippen LogP contribution is -2.32. The summed E-state index contributed by atoms with van der Waals surface area (Å²) < 4.78 is 4.86. The molecular weight excluding hydrogens is 178 g/mol. The first-order chi connectivity index (χ1) is 5.34. The summed E-state index contributed by atoms with van der Waals surface area (Å²) in [6.45, 7) is 4.70. The summed E-state index contributed by atoms with van der Waals surface area (Å²) >= 11 is 0. The topological polar surface area (TPSA) is 38.3 Å². The van der Waals surface area contributed by atoms with Gasteiger partial charge in [-0.05, 0) is 19.4 Å². The molecule has 1 saturated heterocycles. The summed E-state index contributed by atoms with van der Waals surface area (Å²) in [4.78, 5) is 11.1. The van der Waals surface area contributed by atoms with Crippen molar-refractivity contribution in [2.24, 2.45) is 0 Å². The summed E-state index contributed by atoms with van der Waals surface area (Å²) in [6, 6.07) is -0.0741. The zero-order valence-corrected chi connectivity index (χ0v) is 7.73. The van der Waals surface area contributed by atoms with Gasteiger partial charge < -0.3 is 10.1 Å². The molecule has 0 aromatic carbocycles. The van der Waals surface area contributed by atoms with Gasteiger partial charge in [-0.25, -0.2) is 0 Å². The summed E-state index contributed by atoms with van der Waals surface area (Å²) in [5, 5.41) is 3.06. The van der Waals surface area contributed by atoms with Gasteiger partial charge in [0, 0.05) is 0 Å². The molecular formula is C8H14ClNO2. The molecule has 1 aliphatic rings. The predicted molar refractivity (Wildman–Crippen MR) is 49.4 cm³/mol. The Morgan fingerprint density at radius 1 is 1.75 bits per heavy atom. The van der Waals surface area contributed by atoms with Gasteiger partial charge in [0.25, 0.3) is 0 Å². The van der Waals surface area contributed by atoms with Crippen molar-refractivity contribution in [2.45, 2.75) is 18.9 Å². The van der Waals surface area contributed by atoms with E-state index in [1.54, 1.807) is 6.08 Å². The molecule has 1 fully saturated rings. The van der Waals surface area contributed by atoms with Crippen molar-refractivity contribution in [3.63, 3.8) is 0 Å². The van der Waals surface area contributed by atoms with Crippen molar-refractivity contribution in [3.8, 4) is 0 Å². The van der Waals surface area contributed by atoms with E-state index in [-0.39, 0.29) is 24.4 Å². The van der Waals surface area contributed by atoms with Crippen LogP contribution in [0.3, 0.4) is 0 Å². The fourth-order valence-corrected chi connectivity index (χ4v) is 1.13. The Labute approximate surface area is 78.6 Å². The van der Waals surface area contributed by atoms with Gasteiger partial charge in [0.1, 0.15) is 12.6 Å². The molecule has 12 heavy (non-hydrogen) atoms. The molecule has 1 atom stereocenters. The van der Waals surface area contributed by atoms with Crippen LogP contribution < -0.4 is 5.32 Å². The van der Waals surface area contributed by atoms with Gasteiger partial charge in [0.2, 0.25) is 0 Å². The van der Waals surface area contributed by atoms with E-state index in [1.807, 2.05) is 0 Å². The molecule has 3 nitrogen and oxygen atoms in total. The maximum atomic E-state index is 11.1. The number of carbonyl (C=O) groups excluding carboxylic acids is 1. The molecule has 0 saturated carbocycles. The Morgan fingerprint density at radius 2 is 2.50 bits per heavy atom. The van der Waals surface area contributed by atoms with Crippen LogP contribution in [0.4, 0.5) is 0 Å². The van der Waals surface area contributed by atoms with Crippen LogP contribution >= 0.6 is 12.4 Å². The average molecular weight is 192 g/mol. The van der Waals surface area contributed by atoms with E-state index in [2.05, 4.69) is 11.9 Å². The van der Waals surface area contributed by atoms with Crippen molar-refractivity contribution in [1.29, 1.82) is 0 Å². The van der Waals surface area contributed by atoms with Crippen LogP contribution in [0.15, 0.2) is 12.7 Å². The van der Waals surface area contributed by atoms with Gasteiger partial charge in [-0.1, -0.05) is 12.7 Å². The third-order valence-electron chi connectivity index (χ3n) is 1.69. The van der Waals surface area contributed by atoms with Gasteiger partial charge in [0.05, 0.1) is 0 Å². The minimum atomic E-state index is -0.151. The Hall–Kier alpha value is -0.540. The van der Waals surface area contributed by atoms with Crippen molar-refractivity contribution in [1.82, 2.24) is 5.32 Å². The van der Waals surface area contributed by atoms with Crippen molar-refractivity contribution in [3.05, 3.63) is 12.7 Å². The van der Waals surface area contributed by atoms with Crippen LogP contribution in [0.1, 0.15) is 12.8 Å². The van der Waals surface area contributed by atoms with Crippen LogP contribution in [0, 0.1) is 0 Å². The number of hydrogen-bond acceptors (Lipinski definition) is 3. The molecule has 0 aromatic heterocycles. The van der Waals surface area contributed by atoms with E-state index in [9.17, 15) is 4.79 Å². The van der Waals surface area contributed by atoms with Crippen molar-refractivity contribution < 1.29 is 9.53 Å². The molecule has 0 aromatic rings. The highest BCUT2D eigenvalue weighted by molar-refractivity contribution is 5.85. The van der Waals surface area contributed by atoms with Gasteiger partial charge in [-0.3, -0.25) is 4.79 Å². The van der Waals surface area contributed by atoms with Crippen LogP contribution in [-0.2, 0) is 9.53 Å². The van der Waals surface area contributed by atoms with Gasteiger partial charge in [-0.15, -0.1) is 12.4 Å². The fourth-order valence-electron chi connectivity index (χ4n) is 1.13. The predicted octanol–water partition coefficient (Wildman–Crippen LogP) is 0.889. The molecule has 0 spiro atoms. The molecule has 70 valence electrons. The number of rotatable bonds is 3. The van der Waals surface area contributed by atoms with E-state index in [0.717, 1.165) is 19.4 Å². The first-order valence-corrected chi connectivity index (χ1v) is 3.85. The number of nitrogens with one attached hydrogen (secondary N) is 1. The first-order valence-electron chi connectivity index (χ1n) is 3.85. The zero-order chi connectivity index (χ0) is 8.10. The highest BCUT2D eigenvalue weighted by Gasteiger charge is 2.22. The molecule has 1 N–H and O–H groups in total. The number of ether oxygens (including phenoxy) is 1. The minimum Gasteiger partial charge on any atom is -0.460 e. The van der Waals surface area contributed by atoms with Crippen LogP contribution in [0.25, 0.3) is 0 Å². The van der Waals surface area contributed by atoms with Crippen LogP contribution in [-0.4, -0.2) is 25.2 Å². The van der Waals surface area contributed by atoms with E-state index in [0.29, 0.717) is 6.61 Å². The lowest BCUT2D eigenvalue weighted by atomic mass is 10.2. The highest BCUT2D eigenvalue weighted by atomic mass is 35.5. The van der Waals surface area contributed by atoms with Crippen LogP contribution in [0.5, 0.6) is 0 Å². The quantitative estimate of drug-likeness (QED) is 0.532. The number of carbonyl (C=O) groups is 1. The van der Waals surface area contributed by atoms with E-state index >= 15 is 0 Å². The van der Waals surface area contributed by atoms with E-state index in [1.165, 1.54) is 0 Å². The Morgan fingerprint density at radius 3 is 3.00 bits per heavy atom. The smallest absolute Gasteiger partial charge is 0.323 e. The van der Waals surface area contributed by atoms with Crippen LogP contribution in [0.2, 0.25) is 0 Å². The summed E-state index contributed by atoms with van der Waals surface area (Å²) in [5.41, 5.74) is 0. The molecule has 1 aliphatic heterocycles. The third-order valence-corrected chi connectivity index (χ3v) is 1.69. The third kappa shape index (κ3) is 3.24. The number of esters is 1. The summed E-state index contributed by atoms with van der Waals surface area (Å²) in [7, 11) is 0. The molecule has 0 bridgehead atoms. The Balaban J connectivity index is 0.00000121. The maximum absolute atomic E-state index is 11.1. The van der Waals surface area contributed by atoms with E-state index < -0.39 is 0 Å². The lowest BCUT2D eigenvalue weighted by Gasteiger charge is -2.07. The second-order valence-electron chi connectivity index (χ2n) is 2.57. The van der Waals surface area contributed by atoms with Crippen molar-refractivity contribution in [2.75, 3.05) is 13.2 Å². The molecule has 0 aliphatic carbocycles. The number of halogens is 1.